The number of non-ortho nitro benzene ring substituents is 1. The normalized spacial score (nSPS) is 10.9. The van der Waals surface area contributed by atoms with Gasteiger partial charge in [0.05, 0.1) is 10.6 Å². The first kappa shape index (κ1) is 16.3. The summed E-state index contributed by atoms with van der Waals surface area (Å²) >= 11 is 0. The number of nitro benzene ring substituents is 1. The highest BCUT2D eigenvalue weighted by atomic mass is 16.6. The number of para-hydroxylation sites is 1. The van der Waals surface area contributed by atoms with E-state index in [-0.39, 0.29) is 11.6 Å². The van der Waals surface area contributed by atoms with Crippen LogP contribution in [0.4, 0.5) is 11.4 Å². The fourth-order valence-electron chi connectivity index (χ4n) is 2.45. The lowest BCUT2D eigenvalue weighted by Crippen LogP contribution is -2.05. The van der Waals surface area contributed by atoms with Crippen LogP contribution in [-0.4, -0.2) is 15.8 Å². The third-order valence-electron chi connectivity index (χ3n) is 3.59. The van der Waals surface area contributed by atoms with E-state index in [1.54, 1.807) is 30.3 Å². The topological polar surface area (TPSA) is 85.1 Å². The molecule has 0 fully saturated rings. The standard InChI is InChI=1S/C19H15N3O3/c1-13(23)20-16-9-5-14(6-10-16)7-11-17-12-8-15-3-2-4-18(22(24)25)19(15)21-17/h2-12H,1H3,(H,20,23)/b11-7+. The van der Waals surface area contributed by atoms with Crippen LogP contribution in [0.3, 0.4) is 0 Å². The minimum Gasteiger partial charge on any atom is -0.326 e. The van der Waals surface area contributed by atoms with Crippen LogP contribution in [-0.2, 0) is 4.79 Å². The van der Waals surface area contributed by atoms with Gasteiger partial charge in [0, 0.05) is 24.1 Å². The van der Waals surface area contributed by atoms with Crippen LogP contribution in [0.1, 0.15) is 18.2 Å². The zero-order chi connectivity index (χ0) is 17.8. The molecule has 1 aromatic heterocycles. The second-order valence-corrected chi connectivity index (χ2v) is 5.48. The summed E-state index contributed by atoms with van der Waals surface area (Å²) in [6, 6.07) is 15.9. The number of amides is 1. The Morgan fingerprint density at radius 2 is 1.84 bits per heavy atom. The predicted octanol–water partition coefficient (Wildman–Crippen LogP) is 4.27. The van der Waals surface area contributed by atoms with Crippen molar-refractivity contribution in [2.75, 3.05) is 5.32 Å². The van der Waals surface area contributed by atoms with Crippen LogP contribution in [0, 0.1) is 10.1 Å². The summed E-state index contributed by atoms with van der Waals surface area (Å²) in [7, 11) is 0. The third kappa shape index (κ3) is 3.87. The molecule has 0 atom stereocenters. The summed E-state index contributed by atoms with van der Waals surface area (Å²) < 4.78 is 0. The average molecular weight is 333 g/mol. The second-order valence-electron chi connectivity index (χ2n) is 5.48. The third-order valence-corrected chi connectivity index (χ3v) is 3.59. The molecule has 2 aromatic carbocycles. The van der Waals surface area contributed by atoms with Gasteiger partial charge in [0.15, 0.2) is 0 Å². The number of anilines is 1. The molecule has 0 saturated carbocycles. The van der Waals surface area contributed by atoms with Crippen molar-refractivity contribution in [3.63, 3.8) is 0 Å². The van der Waals surface area contributed by atoms with E-state index in [1.807, 2.05) is 30.3 Å². The Bertz CT molecular complexity index is 979. The minimum absolute atomic E-state index is 0.00703. The molecular weight excluding hydrogens is 318 g/mol. The van der Waals surface area contributed by atoms with Gasteiger partial charge in [-0.15, -0.1) is 0 Å². The van der Waals surface area contributed by atoms with Crippen molar-refractivity contribution in [3.05, 3.63) is 76.0 Å². The van der Waals surface area contributed by atoms with Gasteiger partial charge in [-0.05, 0) is 29.8 Å². The molecule has 0 aliphatic rings. The molecule has 1 amide bonds. The lowest BCUT2D eigenvalue weighted by Gasteiger charge is -2.02. The van der Waals surface area contributed by atoms with Gasteiger partial charge in [0.2, 0.25) is 5.91 Å². The first-order valence-corrected chi connectivity index (χ1v) is 7.63. The van der Waals surface area contributed by atoms with Gasteiger partial charge in [-0.2, -0.15) is 0 Å². The number of pyridine rings is 1. The maximum atomic E-state index is 11.1. The summed E-state index contributed by atoms with van der Waals surface area (Å²) in [5.41, 5.74) is 2.65. The number of nitro groups is 1. The van der Waals surface area contributed by atoms with Crippen molar-refractivity contribution in [3.8, 4) is 0 Å². The largest absolute Gasteiger partial charge is 0.326 e. The molecule has 3 rings (SSSR count). The molecule has 0 aliphatic heterocycles. The summed E-state index contributed by atoms with van der Waals surface area (Å²) in [5.74, 6) is -0.120. The van der Waals surface area contributed by atoms with Gasteiger partial charge in [-0.3, -0.25) is 14.9 Å². The Balaban J connectivity index is 1.87. The number of nitrogens with one attached hydrogen (secondary N) is 1. The molecule has 25 heavy (non-hydrogen) atoms. The highest BCUT2D eigenvalue weighted by Gasteiger charge is 2.12. The lowest BCUT2D eigenvalue weighted by atomic mass is 10.1. The van der Waals surface area contributed by atoms with Crippen molar-refractivity contribution in [1.82, 2.24) is 4.98 Å². The molecule has 0 spiro atoms. The van der Waals surface area contributed by atoms with E-state index >= 15 is 0 Å². The highest BCUT2D eigenvalue weighted by Crippen LogP contribution is 2.24. The van der Waals surface area contributed by atoms with E-state index in [4.69, 9.17) is 0 Å². The number of fused-ring (bicyclic) bond motifs is 1. The first-order valence-electron chi connectivity index (χ1n) is 7.63. The molecule has 6 nitrogen and oxygen atoms in total. The molecule has 3 aromatic rings. The molecule has 1 heterocycles. The summed E-state index contributed by atoms with van der Waals surface area (Å²) in [4.78, 5) is 26.1. The number of hydrogen-bond acceptors (Lipinski definition) is 4. The first-order chi connectivity index (χ1) is 12.0. The summed E-state index contributed by atoms with van der Waals surface area (Å²) in [6.07, 6.45) is 3.66. The maximum absolute atomic E-state index is 11.1. The van der Waals surface area contributed by atoms with Crippen LogP contribution in [0.2, 0.25) is 0 Å². The SMILES string of the molecule is CC(=O)Nc1ccc(/C=C/c2ccc3cccc([N+](=O)[O-])c3n2)cc1. The van der Waals surface area contributed by atoms with Gasteiger partial charge in [-0.1, -0.05) is 36.4 Å². The highest BCUT2D eigenvalue weighted by molar-refractivity contribution is 5.89. The number of rotatable bonds is 4. The molecule has 0 saturated heterocycles. The average Bonchev–Trinajstić information content (AvgIpc) is 2.60. The fraction of sp³-hybridized carbons (Fsp3) is 0.0526. The number of nitrogens with zero attached hydrogens (tertiary/aromatic N) is 2. The monoisotopic (exact) mass is 333 g/mol. The molecule has 6 heteroatoms. The van der Waals surface area contributed by atoms with Crippen LogP contribution in [0.25, 0.3) is 23.1 Å². The number of benzene rings is 2. The summed E-state index contributed by atoms with van der Waals surface area (Å²) in [6.45, 7) is 1.46. The summed E-state index contributed by atoms with van der Waals surface area (Å²) in [5, 5.41) is 14.6. The Labute approximate surface area is 144 Å². The Morgan fingerprint density at radius 3 is 2.52 bits per heavy atom. The molecule has 0 radical (unpaired) electrons. The lowest BCUT2D eigenvalue weighted by molar-refractivity contribution is -0.383. The van der Waals surface area contributed by atoms with E-state index in [2.05, 4.69) is 10.3 Å². The quantitative estimate of drug-likeness (QED) is 0.570. The van der Waals surface area contributed by atoms with E-state index in [1.165, 1.54) is 13.0 Å². The van der Waals surface area contributed by atoms with Crippen LogP contribution in [0.15, 0.2) is 54.6 Å². The molecule has 124 valence electrons. The van der Waals surface area contributed by atoms with Gasteiger partial charge in [0.25, 0.3) is 5.69 Å². The van der Waals surface area contributed by atoms with Crippen LogP contribution >= 0.6 is 0 Å². The van der Waals surface area contributed by atoms with Gasteiger partial charge < -0.3 is 5.32 Å². The fourth-order valence-corrected chi connectivity index (χ4v) is 2.45. The zero-order valence-electron chi connectivity index (χ0n) is 13.5. The van der Waals surface area contributed by atoms with E-state index < -0.39 is 4.92 Å². The number of aromatic nitrogens is 1. The second kappa shape index (κ2) is 6.92. The molecular formula is C19H15N3O3. The van der Waals surface area contributed by atoms with Gasteiger partial charge >= 0.3 is 0 Å². The number of carbonyl (C=O) groups is 1. The van der Waals surface area contributed by atoms with Gasteiger partial charge in [0.1, 0.15) is 5.52 Å². The number of carbonyl (C=O) groups excluding carboxylic acids is 1. The van der Waals surface area contributed by atoms with Crippen LogP contribution in [0.5, 0.6) is 0 Å². The van der Waals surface area contributed by atoms with E-state index in [9.17, 15) is 14.9 Å². The Kier molecular flexibility index (Phi) is 4.52. The molecule has 1 N–H and O–H groups in total. The Morgan fingerprint density at radius 1 is 1.08 bits per heavy atom. The molecule has 0 bridgehead atoms. The van der Waals surface area contributed by atoms with Gasteiger partial charge in [-0.25, -0.2) is 4.98 Å². The Hall–Kier alpha value is -3.54. The van der Waals surface area contributed by atoms with Crippen molar-refractivity contribution in [1.29, 1.82) is 0 Å². The molecule has 0 aliphatic carbocycles. The minimum atomic E-state index is -0.427. The maximum Gasteiger partial charge on any atom is 0.295 e. The van der Waals surface area contributed by atoms with Crippen molar-refractivity contribution < 1.29 is 9.72 Å². The van der Waals surface area contributed by atoms with Crippen molar-refractivity contribution in [2.45, 2.75) is 6.92 Å². The smallest absolute Gasteiger partial charge is 0.295 e. The van der Waals surface area contributed by atoms with Crippen molar-refractivity contribution >= 4 is 40.3 Å². The molecule has 0 unspecified atom stereocenters. The van der Waals surface area contributed by atoms with Crippen molar-refractivity contribution in [2.24, 2.45) is 0 Å². The zero-order valence-corrected chi connectivity index (χ0v) is 13.5. The number of hydrogen-bond donors (Lipinski definition) is 1. The van der Waals surface area contributed by atoms with E-state index in [0.717, 1.165) is 16.6 Å². The predicted molar refractivity (Wildman–Crippen MR) is 98.1 cm³/mol. The van der Waals surface area contributed by atoms with Crippen LogP contribution < -0.4 is 5.32 Å². The van der Waals surface area contributed by atoms with E-state index in [0.29, 0.717) is 11.2 Å².